The lowest BCUT2D eigenvalue weighted by Gasteiger charge is -2.32. The average molecular weight is 1140 g/mol. The molecule has 80 heavy (non-hydrogen) atoms. The standard InChI is InChI=1S/C50H70N12O17S/c1-4-24(2)41-46(74)54-19-37(67)55-33-23-80-48-29(28-10-9-27(16-30(28)58-48)78-14-8-6-5-7-13-52-50(77)79-62-39(69)11-12-40(62)70)17-31(43(71)53-20-38(68)59-41)56-47(75)42(25(3)35(65)22-63)60-45(73)34-15-26(64)21-61(34)49(76)32(18-36(51)66)57-44(33)72/h9-10,16,24-26,31-35,41-42,58,63-65H,4-8,11-15,17-23H2,1-3H3,(H2,51,66)(H,52,77)(H,53,71)(H,54,74)(H,55,67)(H,56,75)(H,57,72)(H,59,68)(H,60,73)/t24?,25-,26?,31?,32?,33?,34-,35?,41?,42-/m0/s1. The van der Waals surface area contributed by atoms with E-state index in [1.54, 1.807) is 32.0 Å². The first-order valence-corrected chi connectivity index (χ1v) is 27.4. The zero-order chi connectivity index (χ0) is 58.4. The highest BCUT2D eigenvalue weighted by Crippen LogP contribution is 2.34. The molecule has 29 nitrogen and oxygen atoms in total. The SMILES string of the molecule is CCC(C)C1NC(=O)CNC(=O)C2Cc3c([nH]c4cc(OCCCCCCNC(=O)ON5C(=O)CCC5=O)ccc34)SCC(NC(=O)CNC1=O)C(=O)NC(CC(N)=O)C(=O)N1CC(O)C[C@H]1C(=O)N[C@@H]([C@@H](C)C(O)CO)C(=O)N2. The third kappa shape index (κ3) is 16.3. The van der Waals surface area contributed by atoms with Gasteiger partial charge in [0, 0.05) is 61.9 Å². The number of benzene rings is 1. The van der Waals surface area contributed by atoms with E-state index in [0.29, 0.717) is 59.4 Å². The third-order valence-corrected chi connectivity index (χ3v) is 15.3. The molecule has 14 N–H and O–H groups in total. The number of rotatable bonds is 16. The summed E-state index contributed by atoms with van der Waals surface area (Å²) in [5.74, 6) is -11.5. The van der Waals surface area contributed by atoms with Crippen LogP contribution in [0.3, 0.4) is 0 Å². The van der Waals surface area contributed by atoms with Crippen molar-refractivity contribution in [1.29, 1.82) is 0 Å². The lowest BCUT2D eigenvalue weighted by molar-refractivity contribution is -0.171. The number of H-pyrrole nitrogens is 1. The molecule has 438 valence electrons. The molecule has 6 rings (SSSR count). The summed E-state index contributed by atoms with van der Waals surface area (Å²) < 4.78 is 6.08. The molecule has 7 unspecified atom stereocenters. The van der Waals surface area contributed by atoms with Crippen LogP contribution in [-0.4, -0.2) is 195 Å². The molecule has 0 spiro atoms. The molecule has 4 aliphatic heterocycles. The maximum absolute atomic E-state index is 14.7. The maximum atomic E-state index is 14.7. The largest absolute Gasteiger partial charge is 0.494 e. The number of thioether (sulfide) groups is 1. The maximum Gasteiger partial charge on any atom is 0.432 e. The molecule has 0 saturated carbocycles. The van der Waals surface area contributed by atoms with E-state index in [-0.39, 0.29) is 43.2 Å². The number of amides is 12. The predicted molar refractivity (Wildman–Crippen MR) is 280 cm³/mol. The van der Waals surface area contributed by atoms with Gasteiger partial charge in [-0.3, -0.25) is 52.7 Å². The Bertz CT molecular complexity index is 2670. The fraction of sp³-hybridized carbons (Fsp3) is 0.600. The van der Waals surface area contributed by atoms with Crippen molar-refractivity contribution < 1.29 is 82.4 Å². The molecule has 2 aromatic rings. The average Bonchev–Trinajstić information content (AvgIpc) is 4.09. The van der Waals surface area contributed by atoms with Gasteiger partial charge in [0.05, 0.1) is 55.5 Å². The van der Waals surface area contributed by atoms with E-state index < -0.39 is 170 Å². The number of primary amides is 1. The molecule has 30 heteroatoms. The van der Waals surface area contributed by atoms with Crippen molar-refractivity contribution in [3.8, 4) is 5.75 Å². The van der Waals surface area contributed by atoms with E-state index in [1.165, 1.54) is 6.92 Å². The minimum atomic E-state index is -1.78. The van der Waals surface area contributed by atoms with Crippen LogP contribution in [0.25, 0.3) is 10.9 Å². The first kappa shape index (κ1) is 61.6. The fourth-order valence-corrected chi connectivity index (χ4v) is 10.5. The second-order valence-corrected chi connectivity index (χ2v) is 21.1. The predicted octanol–water partition coefficient (Wildman–Crippen LogP) is -3.91. The monoisotopic (exact) mass is 1140 g/mol. The molecule has 2 bridgehead atoms. The van der Waals surface area contributed by atoms with Crippen molar-refractivity contribution in [1.82, 2.24) is 57.5 Å². The van der Waals surface area contributed by atoms with Gasteiger partial charge in [0.1, 0.15) is 42.0 Å². The fourth-order valence-electron chi connectivity index (χ4n) is 9.38. The molecule has 0 aliphatic carbocycles. The summed E-state index contributed by atoms with van der Waals surface area (Å²) in [4.78, 5) is 170. The molecule has 5 heterocycles. The second kappa shape index (κ2) is 28.5. The number of imide groups is 1. The quantitative estimate of drug-likeness (QED) is 0.0564. The van der Waals surface area contributed by atoms with Crippen molar-refractivity contribution in [2.45, 2.75) is 138 Å². The number of aromatic nitrogens is 1. The summed E-state index contributed by atoms with van der Waals surface area (Å²) in [5.41, 5.74) is 6.36. The van der Waals surface area contributed by atoms with Crippen molar-refractivity contribution in [3.63, 3.8) is 0 Å². The topological polar surface area (TPSA) is 429 Å². The van der Waals surface area contributed by atoms with Crippen LogP contribution in [0.15, 0.2) is 23.2 Å². The van der Waals surface area contributed by atoms with Gasteiger partial charge in [-0.1, -0.05) is 40.0 Å². The van der Waals surface area contributed by atoms with Crippen LogP contribution >= 0.6 is 11.8 Å². The third-order valence-electron chi connectivity index (χ3n) is 14.2. The van der Waals surface area contributed by atoms with E-state index in [0.717, 1.165) is 16.7 Å². The summed E-state index contributed by atoms with van der Waals surface area (Å²) in [6, 6.07) is -4.48. The number of unbranched alkanes of at least 4 members (excludes halogenated alkanes) is 3. The van der Waals surface area contributed by atoms with E-state index in [2.05, 4.69) is 47.5 Å². The highest BCUT2D eigenvalue weighted by molar-refractivity contribution is 7.99. The Morgan fingerprint density at radius 3 is 2.20 bits per heavy atom. The summed E-state index contributed by atoms with van der Waals surface area (Å²) in [5, 5.41) is 53.2. The summed E-state index contributed by atoms with van der Waals surface area (Å²) in [6.07, 6.45) is -2.63. The molecule has 10 atom stereocenters. The molecule has 4 aliphatic rings. The van der Waals surface area contributed by atoms with Gasteiger partial charge in [0.2, 0.25) is 53.2 Å². The summed E-state index contributed by atoms with van der Waals surface area (Å²) in [7, 11) is 0. The number of hydroxylamine groups is 2. The van der Waals surface area contributed by atoms with Gasteiger partial charge in [-0.15, -0.1) is 16.8 Å². The van der Waals surface area contributed by atoms with Crippen LogP contribution in [0.5, 0.6) is 5.75 Å². The summed E-state index contributed by atoms with van der Waals surface area (Å²) in [6.45, 7) is 2.46. The number of nitrogens with one attached hydrogen (secondary N) is 9. The van der Waals surface area contributed by atoms with E-state index >= 15 is 0 Å². The van der Waals surface area contributed by atoms with Gasteiger partial charge in [-0.25, -0.2) is 4.79 Å². The zero-order valence-electron chi connectivity index (χ0n) is 44.5. The number of nitrogens with two attached hydrogens (primary N) is 1. The lowest BCUT2D eigenvalue weighted by Crippen LogP contribution is -2.62. The Balaban J connectivity index is 1.35. The first-order valence-electron chi connectivity index (χ1n) is 26.4. The summed E-state index contributed by atoms with van der Waals surface area (Å²) >= 11 is 0.964. The smallest absolute Gasteiger partial charge is 0.432 e. The van der Waals surface area contributed by atoms with Crippen LogP contribution in [0.4, 0.5) is 4.79 Å². The number of hydrogen-bond acceptors (Lipinski definition) is 18. The van der Waals surface area contributed by atoms with Crippen molar-refractivity contribution >= 4 is 93.7 Å². The Morgan fingerprint density at radius 2 is 1.51 bits per heavy atom. The number of aliphatic hydroxyl groups excluding tert-OH is 3. The first-order chi connectivity index (χ1) is 38.1. The number of fused-ring (bicyclic) bond motifs is 5. The number of carbonyl (C=O) groups is 12. The van der Waals surface area contributed by atoms with Gasteiger partial charge < -0.3 is 83.0 Å². The van der Waals surface area contributed by atoms with Crippen LogP contribution in [0.2, 0.25) is 0 Å². The normalized spacial score (nSPS) is 25.1. The number of carbonyl (C=O) groups excluding carboxylic acids is 12. The number of ether oxygens (including phenoxy) is 1. The number of nitrogens with zero attached hydrogens (tertiary/aromatic N) is 2. The molecule has 0 radical (unpaired) electrons. The van der Waals surface area contributed by atoms with Crippen LogP contribution < -0.4 is 53.0 Å². The van der Waals surface area contributed by atoms with Crippen molar-refractivity contribution in [2.75, 3.05) is 45.1 Å². The van der Waals surface area contributed by atoms with E-state index in [9.17, 15) is 72.9 Å². The Morgan fingerprint density at radius 1 is 0.825 bits per heavy atom. The lowest BCUT2D eigenvalue weighted by atomic mass is 9.93. The molecular formula is C50H70N12O17S. The van der Waals surface area contributed by atoms with Crippen LogP contribution in [0, 0.1) is 11.8 Å². The molecule has 2 saturated heterocycles. The highest BCUT2D eigenvalue weighted by Gasteiger charge is 2.45. The second-order valence-electron chi connectivity index (χ2n) is 20.1. The van der Waals surface area contributed by atoms with Gasteiger partial charge in [-0.2, -0.15) is 0 Å². The van der Waals surface area contributed by atoms with Crippen molar-refractivity contribution in [2.24, 2.45) is 17.6 Å². The molecule has 12 amide bonds. The Labute approximate surface area is 463 Å². The molecular weight excluding hydrogens is 1070 g/mol. The Kier molecular flexibility index (Phi) is 22.0. The molecule has 1 aromatic heterocycles. The van der Waals surface area contributed by atoms with Crippen LogP contribution in [-0.2, 0) is 64.0 Å². The minimum absolute atomic E-state index is 0.0278. The highest BCUT2D eigenvalue weighted by atomic mass is 32.2. The van der Waals surface area contributed by atoms with E-state index in [4.69, 9.17) is 15.3 Å². The van der Waals surface area contributed by atoms with Gasteiger partial charge in [-0.05, 0) is 36.5 Å². The molecule has 1 aromatic carbocycles. The zero-order valence-corrected chi connectivity index (χ0v) is 45.3. The number of hydrogen-bond donors (Lipinski definition) is 13. The Hall–Kier alpha value is -7.57. The van der Waals surface area contributed by atoms with Crippen LogP contribution in [0.1, 0.15) is 84.1 Å². The van der Waals surface area contributed by atoms with Gasteiger partial charge in [0.15, 0.2) is 0 Å². The molecule has 2 fully saturated rings. The van der Waals surface area contributed by atoms with Gasteiger partial charge in [0.25, 0.3) is 11.8 Å². The van der Waals surface area contributed by atoms with Crippen molar-refractivity contribution in [3.05, 3.63) is 23.8 Å². The minimum Gasteiger partial charge on any atom is -0.494 e. The van der Waals surface area contributed by atoms with Gasteiger partial charge >= 0.3 is 6.09 Å². The number of aromatic amines is 1. The van der Waals surface area contributed by atoms with E-state index in [1.807, 2.05) is 0 Å². The number of aliphatic hydroxyl groups is 3.